The Morgan fingerprint density at radius 1 is 1.75 bits per heavy atom. The Hall–Kier alpha value is -1.27. The van der Waals surface area contributed by atoms with Crippen molar-refractivity contribution in [3.05, 3.63) is 12.2 Å². The third-order valence-electron chi connectivity index (χ3n) is 2.61. The normalized spacial score (nSPS) is 20.9. The van der Waals surface area contributed by atoms with Gasteiger partial charge in [0, 0.05) is 19.6 Å². The Labute approximate surface area is 94.0 Å². The van der Waals surface area contributed by atoms with E-state index in [0.717, 1.165) is 13.1 Å². The lowest BCUT2D eigenvalue weighted by Gasteiger charge is -2.22. The van der Waals surface area contributed by atoms with Gasteiger partial charge in [0.2, 0.25) is 0 Å². The van der Waals surface area contributed by atoms with E-state index in [0.29, 0.717) is 25.4 Å². The average Bonchev–Trinajstić information content (AvgIpc) is 2.77. The fraction of sp³-hybridized carbons (Fsp3) is 0.700. The summed E-state index contributed by atoms with van der Waals surface area (Å²) in [6.07, 6.45) is 1.43. The van der Waals surface area contributed by atoms with E-state index in [4.69, 9.17) is 4.74 Å². The number of aryl methyl sites for hydroxylation is 1. The standard InChI is InChI=1S/C10H16N4O2/c1-2-14-10(12-7-13-14)5-8(15)9-6-11-3-4-16-9/h7,9,11H,2-6H2,1H3. The number of rotatable bonds is 4. The highest BCUT2D eigenvalue weighted by Crippen LogP contribution is 2.03. The Balaban J connectivity index is 1.95. The molecule has 2 heterocycles. The third kappa shape index (κ3) is 2.45. The summed E-state index contributed by atoms with van der Waals surface area (Å²) in [4.78, 5) is 16.0. The lowest BCUT2D eigenvalue weighted by molar-refractivity contribution is -0.131. The molecule has 1 atom stereocenters. The predicted molar refractivity (Wildman–Crippen MR) is 57.0 cm³/mol. The van der Waals surface area contributed by atoms with Gasteiger partial charge in [-0.15, -0.1) is 0 Å². The second kappa shape index (κ2) is 5.18. The number of ether oxygens (including phenoxy) is 1. The van der Waals surface area contributed by atoms with Crippen LogP contribution < -0.4 is 5.32 Å². The van der Waals surface area contributed by atoms with Crippen LogP contribution in [0.3, 0.4) is 0 Å². The molecule has 6 nitrogen and oxygen atoms in total. The van der Waals surface area contributed by atoms with Gasteiger partial charge in [0.05, 0.1) is 13.0 Å². The smallest absolute Gasteiger partial charge is 0.170 e. The van der Waals surface area contributed by atoms with Crippen LogP contribution in [0.2, 0.25) is 0 Å². The molecular weight excluding hydrogens is 208 g/mol. The summed E-state index contributed by atoms with van der Waals surface area (Å²) >= 11 is 0. The van der Waals surface area contributed by atoms with E-state index in [1.807, 2.05) is 6.92 Å². The van der Waals surface area contributed by atoms with Crippen molar-refractivity contribution in [3.63, 3.8) is 0 Å². The first kappa shape index (κ1) is 11.2. The van der Waals surface area contributed by atoms with Crippen molar-refractivity contribution in [2.24, 2.45) is 0 Å². The van der Waals surface area contributed by atoms with Gasteiger partial charge in [0.1, 0.15) is 18.3 Å². The van der Waals surface area contributed by atoms with E-state index in [1.165, 1.54) is 6.33 Å². The maximum absolute atomic E-state index is 11.9. The van der Waals surface area contributed by atoms with Gasteiger partial charge in [-0.05, 0) is 6.92 Å². The van der Waals surface area contributed by atoms with Crippen LogP contribution in [0, 0.1) is 0 Å². The monoisotopic (exact) mass is 224 g/mol. The first-order chi connectivity index (χ1) is 7.81. The summed E-state index contributed by atoms with van der Waals surface area (Å²) < 4.78 is 7.12. The molecule has 0 aliphatic carbocycles. The number of hydrogen-bond acceptors (Lipinski definition) is 5. The van der Waals surface area contributed by atoms with E-state index in [2.05, 4.69) is 15.4 Å². The Morgan fingerprint density at radius 3 is 3.31 bits per heavy atom. The summed E-state index contributed by atoms with van der Waals surface area (Å²) in [6.45, 7) is 4.71. The molecule has 0 saturated carbocycles. The minimum atomic E-state index is -0.337. The molecule has 2 rings (SSSR count). The Bertz CT molecular complexity index is 357. The molecule has 0 radical (unpaired) electrons. The zero-order valence-corrected chi connectivity index (χ0v) is 9.35. The molecule has 1 N–H and O–H groups in total. The van der Waals surface area contributed by atoms with E-state index in [1.54, 1.807) is 4.68 Å². The van der Waals surface area contributed by atoms with Crippen LogP contribution in [0.25, 0.3) is 0 Å². The highest BCUT2D eigenvalue weighted by molar-refractivity contribution is 5.84. The Morgan fingerprint density at radius 2 is 2.62 bits per heavy atom. The minimum absolute atomic E-state index is 0.0647. The minimum Gasteiger partial charge on any atom is -0.368 e. The quantitative estimate of drug-likeness (QED) is 0.739. The van der Waals surface area contributed by atoms with Crippen molar-refractivity contribution in [2.75, 3.05) is 19.7 Å². The number of hydrogen-bond donors (Lipinski definition) is 1. The number of nitrogens with zero attached hydrogens (tertiary/aromatic N) is 3. The summed E-state index contributed by atoms with van der Waals surface area (Å²) in [5.41, 5.74) is 0. The van der Waals surface area contributed by atoms with Gasteiger partial charge in [-0.25, -0.2) is 9.67 Å². The number of aromatic nitrogens is 3. The lowest BCUT2D eigenvalue weighted by atomic mass is 10.1. The highest BCUT2D eigenvalue weighted by atomic mass is 16.5. The topological polar surface area (TPSA) is 69.0 Å². The van der Waals surface area contributed by atoms with Gasteiger partial charge < -0.3 is 10.1 Å². The summed E-state index contributed by atoms with van der Waals surface area (Å²) in [5.74, 6) is 0.775. The zero-order chi connectivity index (χ0) is 11.4. The van der Waals surface area contributed by atoms with Crippen LogP contribution >= 0.6 is 0 Å². The molecule has 1 aromatic rings. The summed E-state index contributed by atoms with van der Waals surface area (Å²) in [5, 5.41) is 7.17. The van der Waals surface area contributed by atoms with Crippen LogP contribution in [0.5, 0.6) is 0 Å². The highest BCUT2D eigenvalue weighted by Gasteiger charge is 2.23. The molecule has 1 fully saturated rings. The number of nitrogens with one attached hydrogen (secondary N) is 1. The SMILES string of the molecule is CCn1ncnc1CC(=O)C1CNCCO1. The van der Waals surface area contributed by atoms with Crippen molar-refractivity contribution in [3.8, 4) is 0 Å². The van der Waals surface area contributed by atoms with E-state index < -0.39 is 0 Å². The molecule has 1 aliphatic heterocycles. The molecule has 1 aliphatic rings. The van der Waals surface area contributed by atoms with Crippen LogP contribution in [-0.2, 0) is 22.5 Å². The van der Waals surface area contributed by atoms with Gasteiger partial charge in [-0.3, -0.25) is 4.79 Å². The lowest BCUT2D eigenvalue weighted by Crippen LogP contribution is -2.43. The average molecular weight is 224 g/mol. The van der Waals surface area contributed by atoms with Gasteiger partial charge in [0.25, 0.3) is 0 Å². The molecule has 1 aromatic heterocycles. The van der Waals surface area contributed by atoms with Gasteiger partial charge in [0.15, 0.2) is 5.78 Å². The van der Waals surface area contributed by atoms with Crippen LogP contribution in [0.15, 0.2) is 6.33 Å². The first-order valence-corrected chi connectivity index (χ1v) is 5.53. The molecular formula is C10H16N4O2. The third-order valence-corrected chi connectivity index (χ3v) is 2.61. The second-order valence-corrected chi connectivity index (χ2v) is 3.70. The van der Waals surface area contributed by atoms with Crippen molar-refractivity contribution >= 4 is 5.78 Å². The van der Waals surface area contributed by atoms with Crippen molar-refractivity contribution in [1.82, 2.24) is 20.1 Å². The molecule has 1 unspecified atom stereocenters. The Kier molecular flexibility index (Phi) is 3.63. The predicted octanol–water partition coefficient (Wildman–Crippen LogP) is -0.602. The molecule has 0 bridgehead atoms. The first-order valence-electron chi connectivity index (χ1n) is 5.53. The molecule has 0 amide bonds. The molecule has 0 spiro atoms. The van der Waals surface area contributed by atoms with Crippen LogP contribution in [0.4, 0.5) is 0 Å². The van der Waals surface area contributed by atoms with Gasteiger partial charge >= 0.3 is 0 Å². The van der Waals surface area contributed by atoms with Crippen molar-refractivity contribution in [1.29, 1.82) is 0 Å². The molecule has 0 aromatic carbocycles. The summed E-state index contributed by atoms with van der Waals surface area (Å²) in [7, 11) is 0. The van der Waals surface area contributed by atoms with E-state index >= 15 is 0 Å². The number of Topliss-reactive ketones (excluding diaryl/α,β-unsaturated/α-hetero) is 1. The zero-order valence-electron chi connectivity index (χ0n) is 9.35. The van der Waals surface area contributed by atoms with E-state index in [9.17, 15) is 4.79 Å². The molecule has 6 heteroatoms. The molecule has 88 valence electrons. The second-order valence-electron chi connectivity index (χ2n) is 3.70. The van der Waals surface area contributed by atoms with Crippen LogP contribution in [-0.4, -0.2) is 46.3 Å². The van der Waals surface area contributed by atoms with Crippen molar-refractivity contribution in [2.45, 2.75) is 26.0 Å². The number of carbonyl (C=O) groups excluding carboxylic acids is 1. The maximum atomic E-state index is 11.9. The van der Waals surface area contributed by atoms with E-state index in [-0.39, 0.29) is 11.9 Å². The van der Waals surface area contributed by atoms with Crippen LogP contribution in [0.1, 0.15) is 12.7 Å². The van der Waals surface area contributed by atoms with Crippen molar-refractivity contribution < 1.29 is 9.53 Å². The molecule has 1 saturated heterocycles. The van der Waals surface area contributed by atoms with Gasteiger partial charge in [-0.1, -0.05) is 0 Å². The number of carbonyl (C=O) groups is 1. The largest absolute Gasteiger partial charge is 0.368 e. The summed E-state index contributed by atoms with van der Waals surface area (Å²) in [6, 6.07) is 0. The number of morpholine rings is 1. The van der Waals surface area contributed by atoms with Gasteiger partial charge in [-0.2, -0.15) is 5.10 Å². The molecule has 16 heavy (non-hydrogen) atoms. The number of ketones is 1. The fourth-order valence-electron chi connectivity index (χ4n) is 1.73. The fourth-order valence-corrected chi connectivity index (χ4v) is 1.73. The maximum Gasteiger partial charge on any atom is 0.170 e.